The van der Waals surface area contributed by atoms with Crippen LogP contribution >= 0.6 is 23.5 Å². The van der Waals surface area contributed by atoms with E-state index in [1.807, 2.05) is 11.8 Å². The molecule has 0 aromatic heterocycles. The lowest BCUT2D eigenvalue weighted by Crippen LogP contribution is -2.59. The third kappa shape index (κ3) is 2.65. The molecule has 0 bridgehead atoms. The number of thioether (sulfide) groups is 2. The Bertz CT molecular complexity index is 201. The van der Waals surface area contributed by atoms with Gasteiger partial charge in [0, 0.05) is 29.1 Å². The summed E-state index contributed by atoms with van der Waals surface area (Å²) in [5.41, 5.74) is 6.27. The van der Waals surface area contributed by atoms with E-state index in [0.29, 0.717) is 11.3 Å². The van der Waals surface area contributed by atoms with Crippen molar-refractivity contribution in [2.45, 2.75) is 37.1 Å². The highest BCUT2D eigenvalue weighted by Crippen LogP contribution is 2.39. The van der Waals surface area contributed by atoms with Crippen LogP contribution in [0.25, 0.3) is 0 Å². The van der Waals surface area contributed by atoms with Crippen LogP contribution in [0, 0.1) is 0 Å². The van der Waals surface area contributed by atoms with Gasteiger partial charge in [-0.05, 0) is 32.4 Å². The van der Waals surface area contributed by atoms with Gasteiger partial charge in [0.05, 0.1) is 0 Å². The fourth-order valence-electron chi connectivity index (χ4n) is 2.44. The summed E-state index contributed by atoms with van der Waals surface area (Å²) in [5.74, 6) is 2.45. The molecular formula is C11H24N2S2. The first kappa shape index (κ1) is 13.7. The molecule has 1 fully saturated rings. The molecule has 0 aromatic carbocycles. The van der Waals surface area contributed by atoms with Crippen molar-refractivity contribution in [3.63, 3.8) is 0 Å². The van der Waals surface area contributed by atoms with Crippen LogP contribution in [-0.4, -0.2) is 53.1 Å². The van der Waals surface area contributed by atoms with E-state index in [9.17, 15) is 0 Å². The molecule has 1 saturated heterocycles. The maximum Gasteiger partial charge on any atom is 0.0455 e. The number of likely N-dealkylation sites (N-methyl/N-ethyl adjacent to an activating group) is 1. The van der Waals surface area contributed by atoms with E-state index >= 15 is 0 Å². The maximum atomic E-state index is 6.03. The Labute approximate surface area is 103 Å². The molecular weight excluding hydrogens is 224 g/mol. The number of nitrogens with zero attached hydrogens (tertiary/aromatic N) is 1. The molecule has 0 spiro atoms. The summed E-state index contributed by atoms with van der Waals surface area (Å²) in [6, 6.07) is 0.615. The van der Waals surface area contributed by atoms with Crippen molar-refractivity contribution in [2.24, 2.45) is 5.73 Å². The third-order valence-corrected chi connectivity index (χ3v) is 5.98. The molecule has 1 heterocycles. The van der Waals surface area contributed by atoms with E-state index < -0.39 is 0 Å². The first-order valence-electron chi connectivity index (χ1n) is 5.62. The zero-order valence-electron chi connectivity index (χ0n) is 10.3. The second kappa shape index (κ2) is 5.80. The van der Waals surface area contributed by atoms with Crippen LogP contribution in [0.5, 0.6) is 0 Å². The third-order valence-electron chi connectivity index (χ3n) is 3.78. The monoisotopic (exact) mass is 248 g/mol. The van der Waals surface area contributed by atoms with Crippen LogP contribution in [0.15, 0.2) is 0 Å². The predicted octanol–water partition coefficient (Wildman–Crippen LogP) is 1.89. The van der Waals surface area contributed by atoms with Gasteiger partial charge < -0.3 is 5.73 Å². The fraction of sp³-hybridized carbons (Fsp3) is 1.00. The van der Waals surface area contributed by atoms with Crippen molar-refractivity contribution < 1.29 is 0 Å². The molecule has 15 heavy (non-hydrogen) atoms. The molecule has 3 unspecified atom stereocenters. The summed E-state index contributed by atoms with van der Waals surface area (Å²) >= 11 is 3.98. The lowest BCUT2D eigenvalue weighted by atomic mass is 9.90. The van der Waals surface area contributed by atoms with Crippen molar-refractivity contribution in [1.29, 1.82) is 0 Å². The summed E-state index contributed by atoms with van der Waals surface area (Å²) in [6.07, 6.45) is 3.41. The SMILES string of the molecule is CSCC(C)N(C)C1(CN)CCSC1C. The molecule has 90 valence electrons. The smallest absolute Gasteiger partial charge is 0.0455 e. The minimum absolute atomic E-state index is 0.236. The molecule has 1 aliphatic rings. The Morgan fingerprint density at radius 1 is 1.67 bits per heavy atom. The van der Waals surface area contributed by atoms with Crippen LogP contribution in [0.3, 0.4) is 0 Å². The minimum Gasteiger partial charge on any atom is -0.329 e. The molecule has 0 amide bonds. The van der Waals surface area contributed by atoms with Crippen molar-refractivity contribution in [3.8, 4) is 0 Å². The lowest BCUT2D eigenvalue weighted by Gasteiger charge is -2.44. The van der Waals surface area contributed by atoms with Gasteiger partial charge in [0.2, 0.25) is 0 Å². The standard InChI is InChI=1S/C11H24N2S2/c1-9(7-14-4)13(3)11(8-12)5-6-15-10(11)2/h9-10H,5-8,12H2,1-4H3. The summed E-state index contributed by atoms with van der Waals surface area (Å²) in [4.78, 5) is 2.52. The molecule has 1 aliphatic heterocycles. The van der Waals surface area contributed by atoms with E-state index in [1.165, 1.54) is 17.9 Å². The van der Waals surface area contributed by atoms with E-state index in [4.69, 9.17) is 5.73 Å². The molecule has 0 aliphatic carbocycles. The first-order chi connectivity index (χ1) is 7.08. The Kier molecular flexibility index (Phi) is 5.29. The fourth-order valence-corrected chi connectivity index (χ4v) is 4.66. The second-order valence-electron chi connectivity index (χ2n) is 4.49. The minimum atomic E-state index is 0.236. The Hall–Kier alpha value is 0.620. The zero-order chi connectivity index (χ0) is 11.5. The van der Waals surface area contributed by atoms with Crippen LogP contribution in [0.1, 0.15) is 20.3 Å². The van der Waals surface area contributed by atoms with Gasteiger partial charge in [0.25, 0.3) is 0 Å². The van der Waals surface area contributed by atoms with Crippen molar-refractivity contribution >= 4 is 23.5 Å². The van der Waals surface area contributed by atoms with Crippen molar-refractivity contribution in [2.75, 3.05) is 31.4 Å². The lowest BCUT2D eigenvalue weighted by molar-refractivity contribution is 0.0981. The molecule has 2 nitrogen and oxygen atoms in total. The van der Waals surface area contributed by atoms with Crippen LogP contribution < -0.4 is 5.73 Å². The topological polar surface area (TPSA) is 29.3 Å². The molecule has 2 N–H and O–H groups in total. The predicted molar refractivity (Wildman–Crippen MR) is 73.9 cm³/mol. The number of hydrogen-bond donors (Lipinski definition) is 1. The highest BCUT2D eigenvalue weighted by molar-refractivity contribution is 8.00. The second-order valence-corrected chi connectivity index (χ2v) is 6.85. The molecule has 0 aromatic rings. The zero-order valence-corrected chi connectivity index (χ0v) is 12.0. The van der Waals surface area contributed by atoms with Gasteiger partial charge in [-0.2, -0.15) is 23.5 Å². The average Bonchev–Trinajstić information content (AvgIpc) is 2.60. The van der Waals surface area contributed by atoms with Gasteiger partial charge in [-0.3, -0.25) is 4.90 Å². The average molecular weight is 248 g/mol. The van der Waals surface area contributed by atoms with E-state index in [-0.39, 0.29) is 5.54 Å². The van der Waals surface area contributed by atoms with Gasteiger partial charge in [-0.1, -0.05) is 6.92 Å². The van der Waals surface area contributed by atoms with E-state index in [0.717, 1.165) is 6.54 Å². The molecule has 3 atom stereocenters. The summed E-state index contributed by atoms with van der Waals surface area (Å²) < 4.78 is 0. The molecule has 0 radical (unpaired) electrons. The van der Waals surface area contributed by atoms with Crippen molar-refractivity contribution in [1.82, 2.24) is 4.90 Å². The Morgan fingerprint density at radius 2 is 2.33 bits per heavy atom. The van der Waals surface area contributed by atoms with Crippen LogP contribution in [-0.2, 0) is 0 Å². The first-order valence-corrected chi connectivity index (χ1v) is 8.06. The van der Waals surface area contributed by atoms with Crippen LogP contribution in [0.2, 0.25) is 0 Å². The number of hydrogen-bond acceptors (Lipinski definition) is 4. The number of nitrogens with two attached hydrogens (primary N) is 1. The normalized spacial score (nSPS) is 33.6. The number of rotatable bonds is 5. The van der Waals surface area contributed by atoms with E-state index in [1.54, 1.807) is 0 Å². The van der Waals surface area contributed by atoms with Crippen molar-refractivity contribution in [3.05, 3.63) is 0 Å². The quantitative estimate of drug-likeness (QED) is 0.804. The highest BCUT2D eigenvalue weighted by atomic mass is 32.2. The van der Waals surface area contributed by atoms with Gasteiger partial charge in [0.1, 0.15) is 0 Å². The maximum absolute atomic E-state index is 6.03. The summed E-state index contributed by atoms with van der Waals surface area (Å²) in [7, 11) is 2.25. The largest absolute Gasteiger partial charge is 0.329 e. The Morgan fingerprint density at radius 3 is 2.73 bits per heavy atom. The van der Waals surface area contributed by atoms with E-state index in [2.05, 4.69) is 43.8 Å². The van der Waals surface area contributed by atoms with Gasteiger partial charge in [-0.25, -0.2) is 0 Å². The summed E-state index contributed by atoms with van der Waals surface area (Å²) in [6.45, 7) is 5.42. The highest BCUT2D eigenvalue weighted by Gasteiger charge is 2.44. The van der Waals surface area contributed by atoms with Gasteiger partial charge in [0.15, 0.2) is 0 Å². The Balaban J connectivity index is 2.72. The molecule has 0 saturated carbocycles. The molecule has 4 heteroatoms. The molecule has 1 rings (SSSR count). The summed E-state index contributed by atoms with van der Waals surface area (Å²) in [5, 5.41) is 0.664. The van der Waals surface area contributed by atoms with Gasteiger partial charge >= 0.3 is 0 Å². The van der Waals surface area contributed by atoms with Gasteiger partial charge in [-0.15, -0.1) is 0 Å². The van der Waals surface area contributed by atoms with Crippen LogP contribution in [0.4, 0.5) is 0 Å².